The van der Waals surface area contributed by atoms with Gasteiger partial charge >= 0.3 is 0 Å². The molecule has 0 saturated heterocycles. The summed E-state index contributed by atoms with van der Waals surface area (Å²) in [6, 6.07) is 10.8. The van der Waals surface area contributed by atoms with Gasteiger partial charge in [0.15, 0.2) is 0 Å². The van der Waals surface area contributed by atoms with E-state index in [-0.39, 0.29) is 17.7 Å². The first-order chi connectivity index (χ1) is 12.5. The highest BCUT2D eigenvalue weighted by Crippen LogP contribution is 2.32. The minimum atomic E-state index is -0.261. The number of amides is 2. The first-order valence-electron chi connectivity index (χ1n) is 8.63. The van der Waals surface area contributed by atoms with Crippen molar-refractivity contribution in [2.24, 2.45) is 5.92 Å². The van der Waals surface area contributed by atoms with Gasteiger partial charge in [-0.25, -0.2) is 0 Å². The molecule has 6 heteroatoms. The van der Waals surface area contributed by atoms with Gasteiger partial charge in [0.1, 0.15) is 5.75 Å². The maximum Gasteiger partial charge on any atom is 0.259 e. The van der Waals surface area contributed by atoms with E-state index < -0.39 is 0 Å². The normalized spacial score (nSPS) is 13.2. The van der Waals surface area contributed by atoms with Crippen molar-refractivity contribution in [1.29, 1.82) is 0 Å². The molecule has 5 nitrogen and oxygen atoms in total. The fourth-order valence-electron chi connectivity index (χ4n) is 2.64. The molecular formula is C20H21BrN2O3. The lowest BCUT2D eigenvalue weighted by atomic mass is 10.1. The van der Waals surface area contributed by atoms with Gasteiger partial charge in [0, 0.05) is 21.8 Å². The van der Waals surface area contributed by atoms with Crippen LogP contribution < -0.4 is 15.4 Å². The Balaban J connectivity index is 1.81. The van der Waals surface area contributed by atoms with E-state index in [9.17, 15) is 9.59 Å². The Kier molecular flexibility index (Phi) is 5.61. The summed E-state index contributed by atoms with van der Waals surface area (Å²) < 4.78 is 6.35. The molecule has 1 fully saturated rings. The number of nitrogens with one attached hydrogen (secondary N) is 2. The Hall–Kier alpha value is -2.34. The lowest BCUT2D eigenvalue weighted by molar-refractivity contribution is -0.117. The number of hydrogen-bond donors (Lipinski definition) is 2. The quantitative estimate of drug-likeness (QED) is 0.713. The van der Waals surface area contributed by atoms with E-state index in [1.165, 1.54) is 0 Å². The van der Waals surface area contributed by atoms with Crippen LogP contribution in [0.25, 0.3) is 0 Å². The highest BCUT2D eigenvalue weighted by molar-refractivity contribution is 9.10. The van der Waals surface area contributed by atoms with Crippen LogP contribution in [0.15, 0.2) is 40.9 Å². The van der Waals surface area contributed by atoms with Crippen LogP contribution in [0, 0.1) is 12.8 Å². The zero-order valence-corrected chi connectivity index (χ0v) is 16.4. The molecule has 0 heterocycles. The van der Waals surface area contributed by atoms with Gasteiger partial charge in [0.05, 0.1) is 12.2 Å². The molecule has 0 atom stereocenters. The van der Waals surface area contributed by atoms with Crippen molar-refractivity contribution in [3.8, 4) is 5.75 Å². The van der Waals surface area contributed by atoms with Crippen molar-refractivity contribution < 1.29 is 14.3 Å². The SMILES string of the molecule is CCOc1ccc(Br)cc1C(=O)Nc1cccc(NC(=O)C2CC2)c1C. The van der Waals surface area contributed by atoms with Crippen molar-refractivity contribution >= 4 is 39.1 Å². The van der Waals surface area contributed by atoms with Crippen molar-refractivity contribution in [2.75, 3.05) is 17.2 Å². The number of carbonyl (C=O) groups is 2. The van der Waals surface area contributed by atoms with Gasteiger partial charge in [-0.1, -0.05) is 22.0 Å². The van der Waals surface area contributed by atoms with Crippen LogP contribution in [-0.2, 0) is 4.79 Å². The van der Waals surface area contributed by atoms with E-state index >= 15 is 0 Å². The van der Waals surface area contributed by atoms with Gasteiger partial charge in [0.2, 0.25) is 5.91 Å². The van der Waals surface area contributed by atoms with Crippen molar-refractivity contribution in [2.45, 2.75) is 26.7 Å². The number of ether oxygens (including phenoxy) is 1. The van der Waals surface area contributed by atoms with E-state index in [2.05, 4.69) is 26.6 Å². The van der Waals surface area contributed by atoms with Crippen LogP contribution in [0.3, 0.4) is 0 Å². The number of benzene rings is 2. The molecule has 0 spiro atoms. The molecule has 3 rings (SSSR count). The minimum Gasteiger partial charge on any atom is -0.493 e. The largest absolute Gasteiger partial charge is 0.493 e. The minimum absolute atomic E-state index is 0.0437. The van der Waals surface area contributed by atoms with Crippen LogP contribution in [0.1, 0.15) is 35.7 Å². The average molecular weight is 417 g/mol. The zero-order chi connectivity index (χ0) is 18.7. The molecule has 2 amide bonds. The third-order valence-electron chi connectivity index (χ3n) is 4.27. The zero-order valence-electron chi connectivity index (χ0n) is 14.8. The summed E-state index contributed by atoms with van der Waals surface area (Å²) >= 11 is 3.39. The first-order valence-corrected chi connectivity index (χ1v) is 9.43. The standard InChI is InChI=1S/C20H21BrN2O3/c1-3-26-18-10-9-14(21)11-15(18)20(25)23-17-6-4-5-16(12(17)2)22-19(24)13-7-8-13/h4-6,9-11,13H,3,7-8H2,1-2H3,(H,22,24)(H,23,25). The molecule has 2 N–H and O–H groups in total. The predicted octanol–water partition coefficient (Wildman–Crippen LogP) is 4.76. The Morgan fingerprint density at radius 1 is 1.15 bits per heavy atom. The van der Waals surface area contributed by atoms with E-state index in [1.54, 1.807) is 12.1 Å². The molecule has 2 aromatic carbocycles. The monoisotopic (exact) mass is 416 g/mol. The topological polar surface area (TPSA) is 67.4 Å². The number of anilines is 2. The fraction of sp³-hybridized carbons (Fsp3) is 0.300. The van der Waals surface area contributed by atoms with Crippen LogP contribution in [0.5, 0.6) is 5.75 Å². The van der Waals surface area contributed by atoms with Crippen LogP contribution in [0.4, 0.5) is 11.4 Å². The molecule has 1 aliphatic rings. The number of halogens is 1. The maximum atomic E-state index is 12.8. The summed E-state index contributed by atoms with van der Waals surface area (Å²) in [5, 5.41) is 5.86. The summed E-state index contributed by atoms with van der Waals surface area (Å²) in [6.45, 7) is 4.23. The second kappa shape index (κ2) is 7.91. The predicted molar refractivity (Wildman–Crippen MR) is 106 cm³/mol. The number of rotatable bonds is 6. The second-order valence-electron chi connectivity index (χ2n) is 6.27. The molecule has 0 bridgehead atoms. The Morgan fingerprint density at radius 3 is 2.50 bits per heavy atom. The van der Waals surface area contributed by atoms with E-state index in [4.69, 9.17) is 4.74 Å². The summed E-state index contributed by atoms with van der Waals surface area (Å²) in [5.41, 5.74) is 2.65. The van der Waals surface area contributed by atoms with Crippen LogP contribution in [0.2, 0.25) is 0 Å². The van der Waals surface area contributed by atoms with E-state index in [0.717, 1.165) is 28.6 Å². The van der Waals surface area contributed by atoms with Gasteiger partial charge in [-0.2, -0.15) is 0 Å². The van der Waals surface area contributed by atoms with E-state index in [1.807, 2.05) is 38.1 Å². The molecule has 0 aliphatic heterocycles. The van der Waals surface area contributed by atoms with Gasteiger partial charge in [-0.3, -0.25) is 9.59 Å². The average Bonchev–Trinajstić information content (AvgIpc) is 3.45. The van der Waals surface area contributed by atoms with E-state index in [0.29, 0.717) is 23.6 Å². The molecule has 0 aromatic heterocycles. The summed E-state index contributed by atoms with van der Waals surface area (Å²) in [4.78, 5) is 24.8. The molecule has 1 aliphatic carbocycles. The van der Waals surface area contributed by atoms with Crippen LogP contribution in [-0.4, -0.2) is 18.4 Å². The third kappa shape index (κ3) is 4.25. The summed E-state index contributed by atoms with van der Waals surface area (Å²) in [6.07, 6.45) is 1.90. The molecule has 0 radical (unpaired) electrons. The Bertz CT molecular complexity index is 847. The highest BCUT2D eigenvalue weighted by Gasteiger charge is 2.30. The van der Waals surface area contributed by atoms with Gasteiger partial charge in [0.25, 0.3) is 5.91 Å². The smallest absolute Gasteiger partial charge is 0.259 e. The molecule has 2 aromatic rings. The maximum absolute atomic E-state index is 12.8. The molecule has 0 unspecified atom stereocenters. The molecule has 1 saturated carbocycles. The van der Waals surface area contributed by atoms with Gasteiger partial charge in [-0.05, 0) is 62.6 Å². The van der Waals surface area contributed by atoms with Gasteiger partial charge < -0.3 is 15.4 Å². The van der Waals surface area contributed by atoms with Crippen molar-refractivity contribution in [3.63, 3.8) is 0 Å². The summed E-state index contributed by atoms with van der Waals surface area (Å²) in [5.74, 6) is 0.442. The Labute approximate surface area is 161 Å². The lowest BCUT2D eigenvalue weighted by Crippen LogP contribution is -2.17. The molecule has 136 valence electrons. The molecular weight excluding hydrogens is 396 g/mol. The van der Waals surface area contributed by atoms with Crippen molar-refractivity contribution in [3.05, 3.63) is 52.0 Å². The Morgan fingerprint density at radius 2 is 1.85 bits per heavy atom. The fourth-order valence-corrected chi connectivity index (χ4v) is 3.00. The highest BCUT2D eigenvalue weighted by atomic mass is 79.9. The van der Waals surface area contributed by atoms with Gasteiger partial charge in [-0.15, -0.1) is 0 Å². The second-order valence-corrected chi connectivity index (χ2v) is 7.18. The number of carbonyl (C=O) groups excluding carboxylic acids is 2. The third-order valence-corrected chi connectivity index (χ3v) is 4.77. The lowest BCUT2D eigenvalue weighted by Gasteiger charge is -2.15. The summed E-state index contributed by atoms with van der Waals surface area (Å²) in [7, 11) is 0. The number of hydrogen-bond acceptors (Lipinski definition) is 3. The van der Waals surface area contributed by atoms with Crippen molar-refractivity contribution in [1.82, 2.24) is 0 Å². The molecule has 26 heavy (non-hydrogen) atoms. The van der Waals surface area contributed by atoms with Crippen LogP contribution >= 0.6 is 15.9 Å². The first kappa shape index (κ1) is 18.5.